The molecule has 2 fully saturated rings. The molecule has 0 aliphatic heterocycles. The van der Waals surface area contributed by atoms with Gasteiger partial charge in [-0.1, -0.05) is 11.6 Å². The minimum absolute atomic E-state index is 0.155. The number of hydrogen-bond donors (Lipinski definition) is 0. The fraction of sp³-hybridized carbons (Fsp3) is 0.500. The van der Waals surface area contributed by atoms with E-state index in [4.69, 9.17) is 11.6 Å². The summed E-state index contributed by atoms with van der Waals surface area (Å²) in [6, 6.07) is 6.08. The second-order valence-electron chi connectivity index (χ2n) is 5.26. The molecular formula is C14H15ClINO. The van der Waals surface area contributed by atoms with Crippen LogP contribution in [0.3, 0.4) is 0 Å². The summed E-state index contributed by atoms with van der Waals surface area (Å²) >= 11 is 8.28. The second kappa shape index (κ2) is 5.00. The van der Waals surface area contributed by atoms with Crippen LogP contribution in [0.15, 0.2) is 18.2 Å². The van der Waals surface area contributed by atoms with E-state index in [-0.39, 0.29) is 5.91 Å². The van der Waals surface area contributed by atoms with Crippen molar-refractivity contribution in [3.63, 3.8) is 0 Å². The van der Waals surface area contributed by atoms with Crippen LogP contribution < -0.4 is 0 Å². The van der Waals surface area contributed by atoms with Gasteiger partial charge in [0.1, 0.15) is 0 Å². The van der Waals surface area contributed by atoms with E-state index in [1.54, 1.807) is 6.07 Å². The number of hydrogen-bond acceptors (Lipinski definition) is 1. The van der Waals surface area contributed by atoms with Gasteiger partial charge in [-0.15, -0.1) is 0 Å². The van der Waals surface area contributed by atoms with Crippen molar-refractivity contribution in [2.24, 2.45) is 5.92 Å². The maximum absolute atomic E-state index is 12.5. The third-order valence-corrected chi connectivity index (χ3v) is 5.14. The predicted octanol–water partition coefficient (Wildman–Crippen LogP) is 3.96. The summed E-state index contributed by atoms with van der Waals surface area (Å²) in [4.78, 5) is 14.6. The molecule has 0 bridgehead atoms. The van der Waals surface area contributed by atoms with Gasteiger partial charge in [-0.25, -0.2) is 0 Å². The molecule has 0 unspecified atom stereocenters. The van der Waals surface area contributed by atoms with Gasteiger partial charge in [-0.2, -0.15) is 0 Å². The van der Waals surface area contributed by atoms with Crippen LogP contribution in [0.4, 0.5) is 0 Å². The Kier molecular flexibility index (Phi) is 3.54. The van der Waals surface area contributed by atoms with Gasteiger partial charge >= 0.3 is 0 Å². The summed E-state index contributed by atoms with van der Waals surface area (Å²) in [6.07, 6.45) is 4.89. The molecule has 2 aliphatic rings. The zero-order valence-corrected chi connectivity index (χ0v) is 12.9. The molecule has 18 heavy (non-hydrogen) atoms. The quantitative estimate of drug-likeness (QED) is 0.730. The molecule has 0 aromatic heterocycles. The first kappa shape index (κ1) is 12.7. The Labute approximate surface area is 126 Å². The summed E-state index contributed by atoms with van der Waals surface area (Å²) in [5, 5.41) is 0.670. The first-order valence-electron chi connectivity index (χ1n) is 6.41. The molecule has 0 spiro atoms. The Morgan fingerprint density at radius 3 is 2.61 bits per heavy atom. The van der Waals surface area contributed by atoms with E-state index in [2.05, 4.69) is 27.5 Å². The van der Waals surface area contributed by atoms with Gasteiger partial charge in [-0.05, 0) is 72.4 Å². The van der Waals surface area contributed by atoms with Crippen LogP contribution in [0.1, 0.15) is 36.0 Å². The molecule has 3 rings (SSSR count). The van der Waals surface area contributed by atoms with Crippen molar-refractivity contribution in [2.75, 3.05) is 6.54 Å². The minimum atomic E-state index is 0.155. The van der Waals surface area contributed by atoms with Crippen LogP contribution >= 0.6 is 34.2 Å². The third-order valence-electron chi connectivity index (χ3n) is 3.57. The fourth-order valence-electron chi connectivity index (χ4n) is 2.16. The highest BCUT2D eigenvalue weighted by Crippen LogP contribution is 2.35. The van der Waals surface area contributed by atoms with Gasteiger partial charge in [0.2, 0.25) is 0 Å². The molecule has 0 saturated heterocycles. The SMILES string of the molecule is O=C(c1ccc(I)c(Cl)c1)N(CC1CC1)C1CC1. The van der Waals surface area contributed by atoms with Gasteiger partial charge in [0.25, 0.3) is 5.91 Å². The lowest BCUT2D eigenvalue weighted by Gasteiger charge is -2.22. The molecule has 96 valence electrons. The van der Waals surface area contributed by atoms with Crippen molar-refractivity contribution in [3.8, 4) is 0 Å². The predicted molar refractivity (Wildman–Crippen MR) is 81.0 cm³/mol. The Bertz CT molecular complexity index is 483. The summed E-state index contributed by atoms with van der Waals surface area (Å²) in [5.74, 6) is 0.900. The smallest absolute Gasteiger partial charge is 0.254 e. The van der Waals surface area contributed by atoms with Crippen LogP contribution in [0.2, 0.25) is 5.02 Å². The molecule has 1 amide bonds. The van der Waals surface area contributed by atoms with Gasteiger partial charge in [0.05, 0.1) is 5.02 Å². The van der Waals surface area contributed by atoms with E-state index < -0.39 is 0 Å². The van der Waals surface area contributed by atoms with Crippen molar-refractivity contribution in [1.82, 2.24) is 4.90 Å². The average molecular weight is 376 g/mol. The number of benzene rings is 1. The first-order chi connectivity index (χ1) is 8.65. The number of rotatable bonds is 4. The monoisotopic (exact) mass is 375 g/mol. The van der Waals surface area contributed by atoms with Crippen molar-refractivity contribution < 1.29 is 4.79 Å². The van der Waals surface area contributed by atoms with Gasteiger partial charge in [0, 0.05) is 21.7 Å². The standard InChI is InChI=1S/C14H15ClINO/c15-12-7-10(3-6-13(12)16)14(18)17(11-4-5-11)8-9-1-2-9/h3,6-7,9,11H,1-2,4-5,8H2. The lowest BCUT2D eigenvalue weighted by molar-refractivity contribution is 0.0735. The molecule has 4 heteroatoms. The molecular weight excluding hydrogens is 361 g/mol. The van der Waals surface area contributed by atoms with Crippen LogP contribution in [-0.4, -0.2) is 23.4 Å². The highest BCUT2D eigenvalue weighted by Gasteiger charge is 2.36. The minimum Gasteiger partial charge on any atom is -0.335 e. The Morgan fingerprint density at radius 1 is 1.33 bits per heavy atom. The van der Waals surface area contributed by atoms with Crippen molar-refractivity contribution in [2.45, 2.75) is 31.7 Å². The molecule has 0 heterocycles. The van der Waals surface area contributed by atoms with Gasteiger partial charge < -0.3 is 4.90 Å². The molecule has 2 aliphatic carbocycles. The number of carbonyl (C=O) groups is 1. The van der Waals surface area contributed by atoms with Crippen LogP contribution in [0.5, 0.6) is 0 Å². The van der Waals surface area contributed by atoms with E-state index in [9.17, 15) is 4.79 Å². The highest BCUT2D eigenvalue weighted by atomic mass is 127. The molecule has 2 nitrogen and oxygen atoms in total. The van der Waals surface area contributed by atoms with E-state index in [0.717, 1.165) is 34.4 Å². The van der Waals surface area contributed by atoms with Crippen LogP contribution in [-0.2, 0) is 0 Å². The maximum Gasteiger partial charge on any atom is 0.254 e. The van der Waals surface area contributed by atoms with Crippen molar-refractivity contribution >= 4 is 40.1 Å². The summed E-state index contributed by atoms with van der Waals surface area (Å²) < 4.78 is 0.992. The number of halogens is 2. The third kappa shape index (κ3) is 2.82. The lowest BCUT2D eigenvalue weighted by atomic mass is 10.2. The molecule has 0 atom stereocenters. The van der Waals surface area contributed by atoms with Gasteiger partial charge in [0.15, 0.2) is 0 Å². The summed E-state index contributed by atoms with van der Waals surface area (Å²) in [5.41, 5.74) is 0.730. The van der Waals surface area contributed by atoms with E-state index in [1.807, 2.05) is 12.1 Å². The molecule has 1 aromatic rings. The number of amides is 1. The number of nitrogens with zero attached hydrogens (tertiary/aromatic N) is 1. The number of carbonyl (C=O) groups excluding carboxylic acids is 1. The largest absolute Gasteiger partial charge is 0.335 e. The van der Waals surface area contributed by atoms with Crippen LogP contribution in [0, 0.1) is 9.49 Å². The van der Waals surface area contributed by atoms with E-state index in [0.29, 0.717) is 11.1 Å². The Hall–Kier alpha value is -0.290. The average Bonchev–Trinajstić information content (AvgIpc) is 3.22. The van der Waals surface area contributed by atoms with E-state index in [1.165, 1.54) is 12.8 Å². The summed E-state index contributed by atoms with van der Waals surface area (Å²) in [6.45, 7) is 0.938. The maximum atomic E-state index is 12.5. The fourth-order valence-corrected chi connectivity index (χ4v) is 2.67. The zero-order valence-electron chi connectivity index (χ0n) is 10.0. The molecule has 0 N–H and O–H groups in total. The topological polar surface area (TPSA) is 20.3 Å². The van der Waals surface area contributed by atoms with Crippen molar-refractivity contribution in [3.05, 3.63) is 32.4 Å². The molecule has 0 radical (unpaired) electrons. The zero-order chi connectivity index (χ0) is 12.7. The first-order valence-corrected chi connectivity index (χ1v) is 7.87. The van der Waals surface area contributed by atoms with Crippen molar-refractivity contribution in [1.29, 1.82) is 0 Å². The normalized spacial score (nSPS) is 18.8. The van der Waals surface area contributed by atoms with Gasteiger partial charge in [-0.3, -0.25) is 4.79 Å². The second-order valence-corrected chi connectivity index (χ2v) is 6.83. The molecule has 1 aromatic carbocycles. The van der Waals surface area contributed by atoms with E-state index >= 15 is 0 Å². The Morgan fingerprint density at radius 2 is 2.06 bits per heavy atom. The highest BCUT2D eigenvalue weighted by molar-refractivity contribution is 14.1. The lowest BCUT2D eigenvalue weighted by Crippen LogP contribution is -2.34. The summed E-state index contributed by atoms with van der Waals surface area (Å²) in [7, 11) is 0. The Balaban J connectivity index is 1.79. The van der Waals surface area contributed by atoms with Crippen LogP contribution in [0.25, 0.3) is 0 Å². The molecule has 2 saturated carbocycles.